The molecular weight excluding hydrogens is 182 g/mol. The summed E-state index contributed by atoms with van der Waals surface area (Å²) in [5, 5.41) is 9.13. The lowest BCUT2D eigenvalue weighted by atomic mass is 10.1. The van der Waals surface area contributed by atoms with Crippen molar-refractivity contribution in [3.05, 3.63) is 0 Å². The Morgan fingerprint density at radius 2 is 1.79 bits per heavy atom. The van der Waals surface area contributed by atoms with Crippen molar-refractivity contribution < 1.29 is 14.7 Å². The molecule has 4 nitrogen and oxygen atoms in total. The first-order valence-electron chi connectivity index (χ1n) is 4.90. The van der Waals surface area contributed by atoms with Gasteiger partial charge in [-0.3, -0.25) is 14.5 Å². The van der Waals surface area contributed by atoms with Gasteiger partial charge < -0.3 is 5.11 Å². The second-order valence-electron chi connectivity index (χ2n) is 4.91. The molecule has 0 aromatic carbocycles. The molecule has 0 aromatic rings. The molecule has 1 saturated carbocycles. The molecule has 3 unspecified atom stereocenters. The number of nitrogens with zero attached hydrogens (tertiary/aromatic N) is 1. The predicted octanol–water partition coefficient (Wildman–Crippen LogP) is 0.00820. The average molecular weight is 197 g/mol. The molecule has 0 radical (unpaired) electrons. The Bertz CT molecular complexity index is 284. The molecule has 1 aliphatic carbocycles. The fraction of sp³-hybridized carbons (Fsp3) is 0.800. The zero-order valence-electron chi connectivity index (χ0n) is 8.65. The fourth-order valence-electron chi connectivity index (χ4n) is 2.45. The molecule has 1 heterocycles. The summed E-state index contributed by atoms with van der Waals surface area (Å²) in [5.74, 6) is -0.473. The van der Waals surface area contributed by atoms with Crippen molar-refractivity contribution >= 4 is 11.8 Å². The van der Waals surface area contributed by atoms with E-state index in [0.29, 0.717) is 0 Å². The molecule has 0 aromatic heterocycles. The van der Waals surface area contributed by atoms with Gasteiger partial charge in [0.2, 0.25) is 11.8 Å². The number of aliphatic hydroxyl groups excluding tert-OH is 1. The van der Waals surface area contributed by atoms with E-state index in [-0.39, 0.29) is 35.6 Å². The smallest absolute Gasteiger partial charge is 0.233 e. The SMILES string of the molecule is CC(O)CN1C(=O)C2C(C1=O)C2(C)C. The van der Waals surface area contributed by atoms with Crippen LogP contribution >= 0.6 is 0 Å². The Labute approximate surface area is 82.9 Å². The number of carbonyl (C=O) groups excluding carboxylic acids is 2. The monoisotopic (exact) mass is 197 g/mol. The Hall–Kier alpha value is -0.900. The number of imide groups is 1. The number of hydrogen-bond acceptors (Lipinski definition) is 3. The van der Waals surface area contributed by atoms with Crippen LogP contribution in [0.5, 0.6) is 0 Å². The Morgan fingerprint density at radius 3 is 2.14 bits per heavy atom. The summed E-state index contributed by atoms with van der Waals surface area (Å²) >= 11 is 0. The van der Waals surface area contributed by atoms with Crippen LogP contribution < -0.4 is 0 Å². The topological polar surface area (TPSA) is 57.6 Å². The molecule has 14 heavy (non-hydrogen) atoms. The summed E-state index contributed by atoms with van der Waals surface area (Å²) in [6.45, 7) is 5.60. The molecule has 1 N–H and O–H groups in total. The van der Waals surface area contributed by atoms with Gasteiger partial charge in [-0.1, -0.05) is 13.8 Å². The second-order valence-corrected chi connectivity index (χ2v) is 4.91. The Balaban J connectivity index is 2.14. The Kier molecular flexibility index (Phi) is 1.77. The van der Waals surface area contributed by atoms with Crippen molar-refractivity contribution in [3.8, 4) is 0 Å². The maximum atomic E-state index is 11.7. The highest BCUT2D eigenvalue weighted by Crippen LogP contribution is 2.63. The zero-order chi connectivity index (χ0) is 10.7. The lowest BCUT2D eigenvalue weighted by molar-refractivity contribution is -0.144. The first kappa shape index (κ1) is 9.65. The maximum absolute atomic E-state index is 11.7. The normalized spacial score (nSPS) is 35.9. The summed E-state index contributed by atoms with van der Waals surface area (Å²) in [6.07, 6.45) is -0.636. The highest BCUT2D eigenvalue weighted by atomic mass is 16.3. The van der Waals surface area contributed by atoms with Gasteiger partial charge in [0.1, 0.15) is 0 Å². The van der Waals surface area contributed by atoms with Crippen molar-refractivity contribution in [2.75, 3.05) is 6.54 Å². The largest absolute Gasteiger partial charge is 0.392 e. The molecule has 0 spiro atoms. The number of rotatable bonds is 2. The molecule has 4 heteroatoms. The highest BCUT2D eigenvalue weighted by molar-refractivity contribution is 6.10. The summed E-state index contributed by atoms with van der Waals surface area (Å²) in [6, 6.07) is 0. The van der Waals surface area contributed by atoms with Gasteiger partial charge in [0.25, 0.3) is 0 Å². The molecule has 3 atom stereocenters. The van der Waals surface area contributed by atoms with Gasteiger partial charge in [-0.2, -0.15) is 0 Å². The molecular formula is C10H15NO3. The van der Waals surface area contributed by atoms with Crippen molar-refractivity contribution in [1.29, 1.82) is 0 Å². The molecule has 1 saturated heterocycles. The number of aliphatic hydroxyl groups is 1. The predicted molar refractivity (Wildman–Crippen MR) is 49.2 cm³/mol. The number of likely N-dealkylation sites (tertiary alicyclic amines) is 1. The van der Waals surface area contributed by atoms with Gasteiger partial charge in [0.15, 0.2) is 0 Å². The van der Waals surface area contributed by atoms with Crippen LogP contribution in [0.4, 0.5) is 0 Å². The van der Waals surface area contributed by atoms with E-state index in [1.165, 1.54) is 4.90 Å². The van der Waals surface area contributed by atoms with E-state index < -0.39 is 6.10 Å². The molecule has 2 fully saturated rings. The van der Waals surface area contributed by atoms with Crippen LogP contribution in [0.3, 0.4) is 0 Å². The van der Waals surface area contributed by atoms with E-state index in [2.05, 4.69) is 0 Å². The number of hydrogen-bond donors (Lipinski definition) is 1. The van der Waals surface area contributed by atoms with Crippen molar-refractivity contribution in [2.24, 2.45) is 17.3 Å². The minimum atomic E-state index is -0.636. The molecule has 78 valence electrons. The van der Waals surface area contributed by atoms with E-state index in [4.69, 9.17) is 5.11 Å². The summed E-state index contributed by atoms with van der Waals surface area (Å²) in [7, 11) is 0. The van der Waals surface area contributed by atoms with Gasteiger partial charge in [-0.25, -0.2) is 0 Å². The summed E-state index contributed by atoms with van der Waals surface area (Å²) < 4.78 is 0. The maximum Gasteiger partial charge on any atom is 0.233 e. The third kappa shape index (κ3) is 1.03. The van der Waals surface area contributed by atoms with E-state index >= 15 is 0 Å². The quantitative estimate of drug-likeness (QED) is 0.634. The number of β-amino-alcohol motifs (C(OH)–C–C–N with tert-alkyl or cyclic N) is 1. The van der Waals surface area contributed by atoms with Crippen molar-refractivity contribution in [1.82, 2.24) is 4.90 Å². The average Bonchev–Trinajstić information content (AvgIpc) is 2.51. The summed E-state index contributed by atoms with van der Waals surface area (Å²) in [4.78, 5) is 24.6. The standard InChI is InChI=1S/C10H15NO3/c1-5(12)4-11-8(13)6-7(9(11)14)10(6,2)3/h5-7,12H,4H2,1-3H3. The van der Waals surface area contributed by atoms with Crippen LogP contribution in [-0.4, -0.2) is 34.5 Å². The Morgan fingerprint density at radius 1 is 1.36 bits per heavy atom. The van der Waals surface area contributed by atoms with Crippen LogP contribution in [0, 0.1) is 17.3 Å². The third-order valence-electron chi connectivity index (χ3n) is 3.34. The minimum absolute atomic E-state index is 0.106. The molecule has 0 bridgehead atoms. The molecule has 2 amide bonds. The third-order valence-corrected chi connectivity index (χ3v) is 3.34. The molecule has 1 aliphatic heterocycles. The van der Waals surface area contributed by atoms with E-state index in [9.17, 15) is 9.59 Å². The number of amides is 2. The number of piperidine rings is 1. The molecule has 2 aliphatic rings. The first-order chi connectivity index (χ1) is 6.37. The lowest BCUT2D eigenvalue weighted by Gasteiger charge is -2.21. The van der Waals surface area contributed by atoms with Crippen LogP contribution in [-0.2, 0) is 9.59 Å². The molecule has 2 rings (SSSR count). The van der Waals surface area contributed by atoms with Gasteiger partial charge >= 0.3 is 0 Å². The summed E-state index contributed by atoms with van der Waals surface area (Å²) in [5.41, 5.74) is -0.149. The van der Waals surface area contributed by atoms with Crippen molar-refractivity contribution in [3.63, 3.8) is 0 Å². The first-order valence-corrected chi connectivity index (χ1v) is 4.90. The van der Waals surface area contributed by atoms with Gasteiger partial charge in [-0.05, 0) is 12.3 Å². The number of fused-ring (bicyclic) bond motifs is 1. The van der Waals surface area contributed by atoms with Crippen LogP contribution in [0.25, 0.3) is 0 Å². The van der Waals surface area contributed by atoms with E-state index in [0.717, 1.165) is 0 Å². The van der Waals surface area contributed by atoms with E-state index in [1.807, 2.05) is 13.8 Å². The fourth-order valence-corrected chi connectivity index (χ4v) is 2.45. The van der Waals surface area contributed by atoms with Gasteiger partial charge in [-0.15, -0.1) is 0 Å². The second kappa shape index (κ2) is 2.57. The zero-order valence-corrected chi connectivity index (χ0v) is 8.65. The van der Waals surface area contributed by atoms with Crippen LogP contribution in [0.2, 0.25) is 0 Å². The van der Waals surface area contributed by atoms with Crippen molar-refractivity contribution in [2.45, 2.75) is 26.9 Å². The van der Waals surface area contributed by atoms with E-state index in [1.54, 1.807) is 6.92 Å². The lowest BCUT2D eigenvalue weighted by Crippen LogP contribution is -2.40. The van der Waals surface area contributed by atoms with Crippen LogP contribution in [0.15, 0.2) is 0 Å². The highest BCUT2D eigenvalue weighted by Gasteiger charge is 2.72. The van der Waals surface area contributed by atoms with Crippen LogP contribution in [0.1, 0.15) is 20.8 Å². The minimum Gasteiger partial charge on any atom is -0.392 e. The number of carbonyl (C=O) groups is 2. The van der Waals surface area contributed by atoms with Gasteiger partial charge in [0, 0.05) is 0 Å². The van der Waals surface area contributed by atoms with Gasteiger partial charge in [0.05, 0.1) is 24.5 Å².